The molecule has 104 valence electrons. The van der Waals surface area contributed by atoms with Gasteiger partial charge < -0.3 is 10.1 Å². The Hall–Kier alpha value is -1.35. The third-order valence-corrected chi connectivity index (χ3v) is 4.03. The first-order chi connectivity index (χ1) is 8.90. The molecule has 1 heterocycles. The predicted molar refractivity (Wildman–Crippen MR) is 76.3 cm³/mol. The van der Waals surface area contributed by atoms with Gasteiger partial charge in [0, 0.05) is 6.54 Å². The lowest BCUT2D eigenvalue weighted by atomic mass is 9.78. The molecule has 0 radical (unpaired) electrons. The van der Waals surface area contributed by atoms with E-state index in [-0.39, 0.29) is 11.4 Å². The van der Waals surface area contributed by atoms with Gasteiger partial charge in [-0.05, 0) is 29.5 Å². The molecule has 1 aromatic rings. The van der Waals surface area contributed by atoms with Crippen LogP contribution in [0.4, 0.5) is 0 Å². The van der Waals surface area contributed by atoms with Gasteiger partial charge in [0.05, 0.1) is 7.11 Å². The van der Waals surface area contributed by atoms with Crippen LogP contribution < -0.4 is 5.32 Å². The van der Waals surface area contributed by atoms with Gasteiger partial charge >= 0.3 is 5.97 Å². The van der Waals surface area contributed by atoms with Crippen molar-refractivity contribution in [3.05, 3.63) is 35.4 Å². The molecule has 0 saturated carbocycles. The molecule has 1 atom stereocenters. The molecule has 2 rings (SSSR count). The molecule has 1 unspecified atom stereocenters. The number of carbonyl (C=O) groups is 1. The first-order valence-electron chi connectivity index (χ1n) is 6.80. The maximum atomic E-state index is 12.2. The standard InChI is InChI=1S/C16H23NO2/c1-15(2,3)12-5-7-13(8-6-12)16(14(18)19-4)9-10-17-11-16/h5-8,17H,9-11H2,1-4H3. The lowest BCUT2D eigenvalue weighted by Crippen LogP contribution is -2.39. The summed E-state index contributed by atoms with van der Waals surface area (Å²) in [6.07, 6.45) is 0.800. The molecule has 19 heavy (non-hydrogen) atoms. The number of esters is 1. The van der Waals surface area contributed by atoms with Gasteiger partial charge in [0.25, 0.3) is 0 Å². The number of ether oxygens (including phenoxy) is 1. The second-order valence-corrected chi connectivity index (χ2v) is 6.33. The molecule has 1 saturated heterocycles. The molecule has 0 spiro atoms. The van der Waals surface area contributed by atoms with Crippen LogP contribution in [0.5, 0.6) is 0 Å². The SMILES string of the molecule is COC(=O)C1(c2ccc(C(C)(C)C)cc2)CCNC1. The van der Waals surface area contributed by atoms with Crippen LogP contribution in [0.25, 0.3) is 0 Å². The van der Waals surface area contributed by atoms with E-state index in [9.17, 15) is 4.79 Å². The van der Waals surface area contributed by atoms with Crippen LogP contribution in [0.15, 0.2) is 24.3 Å². The number of methoxy groups -OCH3 is 1. The minimum atomic E-state index is -0.509. The van der Waals surface area contributed by atoms with E-state index in [0.717, 1.165) is 18.5 Å². The van der Waals surface area contributed by atoms with E-state index in [1.54, 1.807) is 0 Å². The van der Waals surface area contributed by atoms with E-state index in [0.29, 0.717) is 6.54 Å². The van der Waals surface area contributed by atoms with Crippen molar-refractivity contribution in [2.24, 2.45) is 0 Å². The Morgan fingerprint density at radius 2 is 1.89 bits per heavy atom. The Labute approximate surface area is 115 Å². The molecule has 1 N–H and O–H groups in total. The third-order valence-electron chi connectivity index (χ3n) is 4.03. The molecule has 1 aliphatic heterocycles. The maximum absolute atomic E-state index is 12.2. The Morgan fingerprint density at radius 1 is 1.26 bits per heavy atom. The Morgan fingerprint density at radius 3 is 2.32 bits per heavy atom. The average Bonchev–Trinajstić information content (AvgIpc) is 2.87. The van der Waals surface area contributed by atoms with E-state index in [1.807, 2.05) is 0 Å². The van der Waals surface area contributed by atoms with Crippen molar-refractivity contribution in [2.45, 2.75) is 38.0 Å². The van der Waals surface area contributed by atoms with Crippen molar-refractivity contribution in [3.8, 4) is 0 Å². The van der Waals surface area contributed by atoms with E-state index in [2.05, 4.69) is 50.4 Å². The molecular weight excluding hydrogens is 238 g/mol. The summed E-state index contributed by atoms with van der Waals surface area (Å²) in [5, 5.41) is 3.27. The van der Waals surface area contributed by atoms with Crippen molar-refractivity contribution in [3.63, 3.8) is 0 Å². The van der Waals surface area contributed by atoms with Crippen LogP contribution in [0.1, 0.15) is 38.3 Å². The molecule has 0 aliphatic carbocycles. The summed E-state index contributed by atoms with van der Waals surface area (Å²) in [6.45, 7) is 8.09. The summed E-state index contributed by atoms with van der Waals surface area (Å²) < 4.78 is 5.01. The van der Waals surface area contributed by atoms with Crippen molar-refractivity contribution in [1.29, 1.82) is 0 Å². The smallest absolute Gasteiger partial charge is 0.317 e. The van der Waals surface area contributed by atoms with Gasteiger partial charge in [0.15, 0.2) is 0 Å². The fraction of sp³-hybridized carbons (Fsp3) is 0.562. The second kappa shape index (κ2) is 4.97. The predicted octanol–water partition coefficient (Wildman–Crippen LogP) is 2.39. The van der Waals surface area contributed by atoms with Gasteiger partial charge in [0.2, 0.25) is 0 Å². The highest BCUT2D eigenvalue weighted by Crippen LogP contribution is 2.33. The first-order valence-corrected chi connectivity index (χ1v) is 6.80. The fourth-order valence-corrected chi connectivity index (χ4v) is 2.72. The van der Waals surface area contributed by atoms with E-state index in [4.69, 9.17) is 4.74 Å². The Bertz CT molecular complexity index is 451. The number of nitrogens with one attached hydrogen (secondary N) is 1. The highest BCUT2D eigenvalue weighted by Gasteiger charge is 2.44. The number of hydrogen-bond acceptors (Lipinski definition) is 3. The van der Waals surface area contributed by atoms with Crippen molar-refractivity contribution < 1.29 is 9.53 Å². The molecule has 1 aromatic carbocycles. The summed E-state index contributed by atoms with van der Waals surface area (Å²) >= 11 is 0. The quantitative estimate of drug-likeness (QED) is 0.831. The zero-order valence-corrected chi connectivity index (χ0v) is 12.2. The third kappa shape index (κ3) is 2.52. The number of hydrogen-bond donors (Lipinski definition) is 1. The van der Waals surface area contributed by atoms with Crippen LogP contribution in [0, 0.1) is 0 Å². The minimum Gasteiger partial charge on any atom is -0.468 e. The molecule has 1 aliphatic rings. The highest BCUT2D eigenvalue weighted by atomic mass is 16.5. The van der Waals surface area contributed by atoms with Crippen molar-refractivity contribution in [2.75, 3.05) is 20.2 Å². The summed E-state index contributed by atoms with van der Waals surface area (Å²) in [4.78, 5) is 12.2. The van der Waals surface area contributed by atoms with Crippen molar-refractivity contribution in [1.82, 2.24) is 5.32 Å². The number of rotatable bonds is 2. The van der Waals surface area contributed by atoms with Crippen LogP contribution in [-0.2, 0) is 20.4 Å². The van der Waals surface area contributed by atoms with Gasteiger partial charge in [0.1, 0.15) is 5.41 Å². The van der Waals surface area contributed by atoms with Gasteiger partial charge in [-0.1, -0.05) is 45.0 Å². The zero-order chi connectivity index (χ0) is 14.1. The molecule has 0 amide bonds. The largest absolute Gasteiger partial charge is 0.468 e. The van der Waals surface area contributed by atoms with Gasteiger partial charge in [-0.15, -0.1) is 0 Å². The number of benzene rings is 1. The molecule has 3 heteroatoms. The minimum absolute atomic E-state index is 0.130. The fourth-order valence-electron chi connectivity index (χ4n) is 2.72. The summed E-state index contributed by atoms with van der Waals surface area (Å²) in [5.41, 5.74) is 1.95. The number of carbonyl (C=O) groups excluding carboxylic acids is 1. The second-order valence-electron chi connectivity index (χ2n) is 6.33. The van der Waals surface area contributed by atoms with E-state index in [1.165, 1.54) is 12.7 Å². The van der Waals surface area contributed by atoms with Gasteiger partial charge in [-0.25, -0.2) is 0 Å². The van der Waals surface area contributed by atoms with E-state index < -0.39 is 5.41 Å². The zero-order valence-electron chi connectivity index (χ0n) is 12.2. The highest BCUT2D eigenvalue weighted by molar-refractivity contribution is 5.84. The molecule has 3 nitrogen and oxygen atoms in total. The Kier molecular flexibility index (Phi) is 3.68. The lowest BCUT2D eigenvalue weighted by Gasteiger charge is -2.27. The van der Waals surface area contributed by atoms with Crippen LogP contribution in [0.3, 0.4) is 0 Å². The van der Waals surface area contributed by atoms with Crippen LogP contribution >= 0.6 is 0 Å². The van der Waals surface area contributed by atoms with Gasteiger partial charge in [-0.2, -0.15) is 0 Å². The van der Waals surface area contributed by atoms with Crippen LogP contribution in [-0.4, -0.2) is 26.2 Å². The monoisotopic (exact) mass is 261 g/mol. The summed E-state index contributed by atoms with van der Waals surface area (Å²) in [7, 11) is 1.46. The van der Waals surface area contributed by atoms with E-state index >= 15 is 0 Å². The molecular formula is C16H23NO2. The summed E-state index contributed by atoms with van der Waals surface area (Å²) in [6, 6.07) is 8.39. The average molecular weight is 261 g/mol. The van der Waals surface area contributed by atoms with Crippen molar-refractivity contribution >= 4 is 5.97 Å². The normalized spacial score (nSPS) is 23.4. The molecule has 0 bridgehead atoms. The first kappa shape index (κ1) is 14.1. The topological polar surface area (TPSA) is 38.3 Å². The lowest BCUT2D eigenvalue weighted by molar-refractivity contribution is -0.146. The van der Waals surface area contributed by atoms with Gasteiger partial charge in [-0.3, -0.25) is 4.79 Å². The van der Waals surface area contributed by atoms with Crippen LogP contribution in [0.2, 0.25) is 0 Å². The molecule has 1 fully saturated rings. The molecule has 0 aromatic heterocycles. The summed E-state index contributed by atoms with van der Waals surface area (Å²) in [5.74, 6) is -0.138. The maximum Gasteiger partial charge on any atom is 0.317 e. The Balaban J connectivity index is 2.36.